The summed E-state index contributed by atoms with van der Waals surface area (Å²) in [7, 11) is 1.83. The quantitative estimate of drug-likeness (QED) is 0.909. The van der Waals surface area contributed by atoms with Crippen LogP contribution < -0.4 is 5.32 Å². The van der Waals surface area contributed by atoms with Gasteiger partial charge in [-0.15, -0.1) is 10.2 Å². The third-order valence-electron chi connectivity index (χ3n) is 2.18. The van der Waals surface area contributed by atoms with Crippen molar-refractivity contribution < 1.29 is 8.78 Å². The second-order valence-corrected chi connectivity index (χ2v) is 4.69. The molecule has 1 heterocycles. The second kappa shape index (κ2) is 5.29. The maximum atomic E-state index is 13.0. The third-order valence-corrected chi connectivity index (χ3v) is 3.10. The zero-order chi connectivity index (χ0) is 12.3. The van der Waals surface area contributed by atoms with Gasteiger partial charge in [-0.2, -0.15) is 0 Å². The van der Waals surface area contributed by atoms with Crippen molar-refractivity contribution in [3.63, 3.8) is 0 Å². The maximum Gasteiger partial charge on any atom is 0.159 e. The summed E-state index contributed by atoms with van der Waals surface area (Å²) in [5.41, 5.74) is 0.691. The van der Waals surface area contributed by atoms with Gasteiger partial charge in [-0.25, -0.2) is 8.78 Å². The zero-order valence-corrected chi connectivity index (χ0v) is 10.0. The monoisotopic (exact) mass is 255 g/mol. The van der Waals surface area contributed by atoms with Gasteiger partial charge in [0.1, 0.15) is 10.0 Å². The average molecular weight is 255 g/mol. The molecule has 0 spiro atoms. The molecule has 17 heavy (non-hydrogen) atoms. The van der Waals surface area contributed by atoms with Gasteiger partial charge in [0.15, 0.2) is 11.6 Å². The van der Waals surface area contributed by atoms with Gasteiger partial charge < -0.3 is 5.32 Å². The van der Waals surface area contributed by atoms with E-state index in [4.69, 9.17) is 0 Å². The normalized spacial score (nSPS) is 10.8. The molecule has 2 aromatic rings. The van der Waals surface area contributed by atoms with Gasteiger partial charge in [0.25, 0.3) is 0 Å². The molecule has 0 fully saturated rings. The molecule has 90 valence electrons. The van der Waals surface area contributed by atoms with Crippen LogP contribution in [0.3, 0.4) is 0 Å². The Morgan fingerprint density at radius 2 is 1.94 bits per heavy atom. The molecule has 0 amide bonds. The molecule has 0 saturated carbocycles. The summed E-state index contributed by atoms with van der Waals surface area (Å²) >= 11 is 1.46. The Bertz CT molecular complexity index is 513. The molecule has 0 radical (unpaired) electrons. The van der Waals surface area contributed by atoms with Crippen LogP contribution in [0.25, 0.3) is 0 Å². The van der Waals surface area contributed by atoms with Crippen LogP contribution in [0.5, 0.6) is 0 Å². The van der Waals surface area contributed by atoms with E-state index in [1.165, 1.54) is 17.4 Å². The smallest absolute Gasteiger partial charge is 0.159 e. The second-order valence-electron chi connectivity index (χ2n) is 3.55. The molecule has 0 unspecified atom stereocenters. The average Bonchev–Trinajstić information content (AvgIpc) is 2.72. The largest absolute Gasteiger partial charge is 0.313 e. The van der Waals surface area contributed by atoms with E-state index in [0.717, 1.165) is 16.1 Å². The SMILES string of the molecule is CNCc1nnc(Cc2ccc(F)c(F)c2)s1. The Morgan fingerprint density at radius 1 is 1.18 bits per heavy atom. The zero-order valence-electron chi connectivity index (χ0n) is 9.20. The van der Waals surface area contributed by atoms with E-state index in [1.54, 1.807) is 6.07 Å². The fourth-order valence-electron chi connectivity index (χ4n) is 1.41. The summed E-state index contributed by atoms with van der Waals surface area (Å²) < 4.78 is 25.7. The van der Waals surface area contributed by atoms with Crippen LogP contribution in [0.2, 0.25) is 0 Å². The molecular formula is C11H11F2N3S. The van der Waals surface area contributed by atoms with E-state index >= 15 is 0 Å². The molecule has 2 rings (SSSR count). The summed E-state index contributed by atoms with van der Waals surface area (Å²) in [6.07, 6.45) is 0.471. The van der Waals surface area contributed by atoms with Gasteiger partial charge >= 0.3 is 0 Å². The predicted octanol–water partition coefficient (Wildman–Crippen LogP) is 2.13. The lowest BCUT2D eigenvalue weighted by molar-refractivity contribution is 0.507. The van der Waals surface area contributed by atoms with E-state index in [9.17, 15) is 8.78 Å². The Labute approximate surface area is 102 Å². The van der Waals surface area contributed by atoms with Crippen LogP contribution in [-0.2, 0) is 13.0 Å². The Hall–Kier alpha value is -1.40. The van der Waals surface area contributed by atoms with Crippen molar-refractivity contribution >= 4 is 11.3 Å². The number of halogens is 2. The molecular weight excluding hydrogens is 244 g/mol. The summed E-state index contributed by atoms with van der Waals surface area (Å²) in [5, 5.41) is 12.6. The van der Waals surface area contributed by atoms with Crippen molar-refractivity contribution in [1.29, 1.82) is 0 Å². The van der Waals surface area contributed by atoms with Crippen LogP contribution in [0.4, 0.5) is 8.78 Å². The number of benzene rings is 1. The van der Waals surface area contributed by atoms with E-state index < -0.39 is 11.6 Å². The summed E-state index contributed by atoms with van der Waals surface area (Å²) in [4.78, 5) is 0. The van der Waals surface area contributed by atoms with Gasteiger partial charge in [-0.05, 0) is 24.7 Å². The first kappa shape index (κ1) is 12.1. The lowest BCUT2D eigenvalue weighted by Gasteiger charge is -1.98. The molecule has 0 atom stereocenters. The maximum absolute atomic E-state index is 13.0. The molecule has 0 aliphatic carbocycles. The fraction of sp³-hybridized carbons (Fsp3) is 0.273. The Balaban J connectivity index is 2.11. The van der Waals surface area contributed by atoms with Crippen LogP contribution in [-0.4, -0.2) is 17.2 Å². The van der Waals surface area contributed by atoms with E-state index in [1.807, 2.05) is 7.05 Å². The molecule has 0 saturated heterocycles. The minimum absolute atomic E-state index is 0.471. The highest BCUT2D eigenvalue weighted by Crippen LogP contribution is 2.16. The minimum atomic E-state index is -0.832. The highest BCUT2D eigenvalue weighted by atomic mass is 32.1. The van der Waals surface area contributed by atoms with Crippen LogP contribution >= 0.6 is 11.3 Å². The standard InChI is InChI=1S/C11H11F2N3S/c1-14-6-11-16-15-10(17-11)5-7-2-3-8(12)9(13)4-7/h2-4,14H,5-6H2,1H3. The highest BCUT2D eigenvalue weighted by molar-refractivity contribution is 7.11. The number of nitrogens with zero attached hydrogens (tertiary/aromatic N) is 2. The number of hydrogen-bond donors (Lipinski definition) is 1. The molecule has 0 bridgehead atoms. The Morgan fingerprint density at radius 3 is 2.65 bits per heavy atom. The van der Waals surface area contributed by atoms with Gasteiger partial charge in [-0.3, -0.25) is 0 Å². The number of hydrogen-bond acceptors (Lipinski definition) is 4. The number of aromatic nitrogens is 2. The van der Waals surface area contributed by atoms with Crippen molar-refractivity contribution in [1.82, 2.24) is 15.5 Å². The summed E-state index contributed by atoms with van der Waals surface area (Å²) in [6, 6.07) is 3.87. The first-order valence-electron chi connectivity index (χ1n) is 5.09. The van der Waals surface area contributed by atoms with Crippen LogP contribution in [0, 0.1) is 11.6 Å². The lowest BCUT2D eigenvalue weighted by atomic mass is 10.1. The molecule has 1 N–H and O–H groups in total. The fourth-order valence-corrected chi connectivity index (χ4v) is 2.30. The van der Waals surface area contributed by atoms with Gasteiger partial charge in [0.05, 0.1) is 0 Å². The predicted molar refractivity (Wildman–Crippen MR) is 61.8 cm³/mol. The van der Waals surface area contributed by atoms with Crippen LogP contribution in [0.1, 0.15) is 15.6 Å². The minimum Gasteiger partial charge on any atom is -0.313 e. The molecule has 3 nitrogen and oxygen atoms in total. The molecule has 6 heteroatoms. The van der Waals surface area contributed by atoms with Crippen molar-refractivity contribution in [2.75, 3.05) is 7.05 Å². The van der Waals surface area contributed by atoms with Gasteiger partial charge in [0, 0.05) is 13.0 Å². The Kier molecular flexibility index (Phi) is 3.75. The van der Waals surface area contributed by atoms with Gasteiger partial charge in [-0.1, -0.05) is 17.4 Å². The number of rotatable bonds is 4. The number of nitrogens with one attached hydrogen (secondary N) is 1. The van der Waals surface area contributed by atoms with Crippen molar-refractivity contribution in [2.45, 2.75) is 13.0 Å². The van der Waals surface area contributed by atoms with Crippen molar-refractivity contribution in [3.05, 3.63) is 45.4 Å². The van der Waals surface area contributed by atoms with Crippen molar-refractivity contribution in [3.8, 4) is 0 Å². The molecule has 0 aliphatic rings. The first-order valence-corrected chi connectivity index (χ1v) is 5.90. The molecule has 1 aromatic carbocycles. The van der Waals surface area contributed by atoms with E-state index in [-0.39, 0.29) is 0 Å². The highest BCUT2D eigenvalue weighted by Gasteiger charge is 2.07. The van der Waals surface area contributed by atoms with Crippen molar-refractivity contribution in [2.24, 2.45) is 0 Å². The summed E-state index contributed by atoms with van der Waals surface area (Å²) in [5.74, 6) is -1.66. The first-order chi connectivity index (χ1) is 8.19. The summed E-state index contributed by atoms with van der Waals surface area (Å²) in [6.45, 7) is 0.662. The van der Waals surface area contributed by atoms with E-state index in [0.29, 0.717) is 18.5 Å². The molecule has 1 aromatic heterocycles. The van der Waals surface area contributed by atoms with Gasteiger partial charge in [0.2, 0.25) is 0 Å². The van der Waals surface area contributed by atoms with Crippen LogP contribution in [0.15, 0.2) is 18.2 Å². The topological polar surface area (TPSA) is 37.8 Å². The third kappa shape index (κ3) is 3.04. The van der Waals surface area contributed by atoms with E-state index in [2.05, 4.69) is 15.5 Å². The lowest BCUT2D eigenvalue weighted by Crippen LogP contribution is -2.04. The molecule has 0 aliphatic heterocycles.